The minimum atomic E-state index is 0.651. The van der Waals surface area contributed by atoms with E-state index in [0.717, 1.165) is 36.2 Å². The zero-order valence-electron chi connectivity index (χ0n) is 10.5. The van der Waals surface area contributed by atoms with E-state index in [1.54, 1.807) is 11.3 Å². The molecule has 2 aromatic rings. The van der Waals surface area contributed by atoms with Crippen molar-refractivity contribution in [3.63, 3.8) is 0 Å². The quantitative estimate of drug-likeness (QED) is 0.814. The van der Waals surface area contributed by atoms with Gasteiger partial charge < -0.3 is 9.73 Å². The number of thiophene rings is 1. The first-order chi connectivity index (χ1) is 8.81. The second kappa shape index (κ2) is 5.20. The lowest BCUT2D eigenvalue weighted by Gasteiger charge is -1.99. The molecule has 0 bridgehead atoms. The number of aromatic nitrogens is 2. The molecule has 18 heavy (non-hydrogen) atoms. The summed E-state index contributed by atoms with van der Waals surface area (Å²) in [6, 6.07) is 4.88. The molecule has 0 spiro atoms. The molecule has 5 heteroatoms. The van der Waals surface area contributed by atoms with Crippen LogP contribution in [0.5, 0.6) is 0 Å². The van der Waals surface area contributed by atoms with Crippen LogP contribution in [0.2, 0.25) is 0 Å². The molecule has 0 radical (unpaired) electrons. The van der Waals surface area contributed by atoms with Crippen LogP contribution in [0.25, 0.3) is 10.8 Å². The van der Waals surface area contributed by atoms with Crippen LogP contribution in [0.1, 0.15) is 30.0 Å². The molecule has 3 rings (SSSR count). The highest BCUT2D eigenvalue weighted by molar-refractivity contribution is 7.15. The Morgan fingerprint density at radius 2 is 2.28 bits per heavy atom. The summed E-state index contributed by atoms with van der Waals surface area (Å²) in [6.07, 6.45) is 4.59. The lowest BCUT2D eigenvalue weighted by Crippen LogP contribution is -2.17. The van der Waals surface area contributed by atoms with E-state index in [1.807, 2.05) is 6.07 Å². The highest BCUT2D eigenvalue weighted by atomic mass is 32.1. The Kier molecular flexibility index (Phi) is 3.43. The van der Waals surface area contributed by atoms with E-state index in [2.05, 4.69) is 28.5 Å². The molecule has 0 amide bonds. The highest BCUT2D eigenvalue weighted by Gasteiger charge is 2.19. The molecule has 1 N–H and O–H groups in total. The standard InChI is InChI=1S/C13H17N3OS/c1-9-4-7-11(18-9)13-16-15-12(17-13)3-2-8-14-10-5-6-10/h4,7,10,14H,2-3,5-6,8H2,1H3. The van der Waals surface area contributed by atoms with Crippen molar-refractivity contribution in [3.8, 4) is 10.8 Å². The van der Waals surface area contributed by atoms with Crippen LogP contribution in [0.3, 0.4) is 0 Å². The number of hydrogen-bond acceptors (Lipinski definition) is 5. The summed E-state index contributed by atoms with van der Waals surface area (Å²) >= 11 is 1.69. The maximum atomic E-state index is 5.67. The maximum absolute atomic E-state index is 5.67. The molecule has 1 fully saturated rings. The first-order valence-corrected chi connectivity index (χ1v) is 7.25. The fourth-order valence-electron chi connectivity index (χ4n) is 1.84. The van der Waals surface area contributed by atoms with Gasteiger partial charge >= 0.3 is 0 Å². The lowest BCUT2D eigenvalue weighted by molar-refractivity contribution is 0.491. The van der Waals surface area contributed by atoms with Crippen LogP contribution in [-0.2, 0) is 6.42 Å². The van der Waals surface area contributed by atoms with E-state index in [-0.39, 0.29) is 0 Å². The number of nitrogens with zero attached hydrogens (tertiary/aromatic N) is 2. The van der Waals surface area contributed by atoms with Gasteiger partial charge in [0.25, 0.3) is 5.89 Å². The van der Waals surface area contributed by atoms with E-state index >= 15 is 0 Å². The summed E-state index contributed by atoms with van der Waals surface area (Å²) < 4.78 is 5.67. The van der Waals surface area contributed by atoms with Gasteiger partial charge in [0, 0.05) is 17.3 Å². The number of nitrogens with one attached hydrogen (secondary N) is 1. The van der Waals surface area contributed by atoms with Crippen LogP contribution in [0, 0.1) is 6.92 Å². The molecule has 1 saturated carbocycles. The van der Waals surface area contributed by atoms with Gasteiger partial charge in [0.15, 0.2) is 0 Å². The predicted octanol–water partition coefficient (Wildman–Crippen LogP) is 2.79. The van der Waals surface area contributed by atoms with Crippen molar-refractivity contribution in [2.75, 3.05) is 6.54 Å². The molecule has 2 aromatic heterocycles. The molecule has 0 aliphatic heterocycles. The molecular weight excluding hydrogens is 246 g/mol. The average molecular weight is 263 g/mol. The SMILES string of the molecule is Cc1ccc(-c2nnc(CCCNC3CC3)o2)s1. The molecule has 0 saturated heterocycles. The first-order valence-electron chi connectivity index (χ1n) is 6.44. The largest absolute Gasteiger partial charge is 0.420 e. The molecule has 0 atom stereocenters. The van der Waals surface area contributed by atoms with Crippen LogP contribution in [0.4, 0.5) is 0 Å². The fraction of sp³-hybridized carbons (Fsp3) is 0.538. The summed E-state index contributed by atoms with van der Waals surface area (Å²) in [6.45, 7) is 3.12. The Labute approximate surface area is 110 Å². The normalized spacial score (nSPS) is 15.2. The topological polar surface area (TPSA) is 51.0 Å². The van der Waals surface area contributed by atoms with Crippen LogP contribution in [-0.4, -0.2) is 22.8 Å². The Morgan fingerprint density at radius 1 is 1.39 bits per heavy atom. The van der Waals surface area contributed by atoms with Crippen LogP contribution in [0.15, 0.2) is 16.5 Å². The van der Waals surface area contributed by atoms with E-state index in [1.165, 1.54) is 17.7 Å². The van der Waals surface area contributed by atoms with Gasteiger partial charge in [0.2, 0.25) is 5.89 Å². The summed E-state index contributed by atoms with van der Waals surface area (Å²) in [7, 11) is 0. The molecule has 1 aliphatic rings. The molecule has 0 unspecified atom stereocenters. The smallest absolute Gasteiger partial charge is 0.257 e. The Bertz CT molecular complexity index is 516. The third kappa shape index (κ3) is 2.97. The van der Waals surface area contributed by atoms with Crippen molar-refractivity contribution >= 4 is 11.3 Å². The van der Waals surface area contributed by atoms with Gasteiger partial charge in [-0.1, -0.05) is 0 Å². The van der Waals surface area contributed by atoms with E-state index in [4.69, 9.17) is 4.42 Å². The third-order valence-corrected chi connectivity index (χ3v) is 3.98. The Hall–Kier alpha value is -1.20. The van der Waals surface area contributed by atoms with Crippen molar-refractivity contribution in [1.29, 1.82) is 0 Å². The predicted molar refractivity (Wildman–Crippen MR) is 71.7 cm³/mol. The highest BCUT2D eigenvalue weighted by Crippen LogP contribution is 2.26. The minimum Gasteiger partial charge on any atom is -0.420 e. The van der Waals surface area contributed by atoms with E-state index < -0.39 is 0 Å². The van der Waals surface area contributed by atoms with Crippen molar-refractivity contribution in [2.24, 2.45) is 0 Å². The van der Waals surface area contributed by atoms with E-state index in [0.29, 0.717) is 5.89 Å². The molecule has 0 aromatic carbocycles. The Morgan fingerprint density at radius 3 is 3.00 bits per heavy atom. The monoisotopic (exact) mass is 263 g/mol. The second-order valence-corrected chi connectivity index (χ2v) is 6.03. The van der Waals surface area contributed by atoms with Gasteiger partial charge in [0.05, 0.1) is 4.88 Å². The fourth-order valence-corrected chi connectivity index (χ4v) is 2.63. The molecule has 1 aliphatic carbocycles. The lowest BCUT2D eigenvalue weighted by atomic mass is 10.3. The summed E-state index contributed by atoms with van der Waals surface area (Å²) in [5.41, 5.74) is 0. The Balaban J connectivity index is 1.52. The van der Waals surface area contributed by atoms with Gasteiger partial charge in [-0.15, -0.1) is 21.5 Å². The van der Waals surface area contributed by atoms with Gasteiger partial charge in [-0.3, -0.25) is 0 Å². The van der Waals surface area contributed by atoms with E-state index in [9.17, 15) is 0 Å². The summed E-state index contributed by atoms with van der Waals surface area (Å²) in [4.78, 5) is 2.32. The molecule has 4 nitrogen and oxygen atoms in total. The summed E-state index contributed by atoms with van der Waals surface area (Å²) in [5.74, 6) is 1.40. The molecule has 96 valence electrons. The summed E-state index contributed by atoms with van der Waals surface area (Å²) in [5, 5.41) is 11.7. The van der Waals surface area contributed by atoms with Crippen molar-refractivity contribution in [2.45, 2.75) is 38.6 Å². The van der Waals surface area contributed by atoms with Crippen LogP contribution >= 0.6 is 11.3 Å². The van der Waals surface area contributed by atoms with Gasteiger partial charge in [0.1, 0.15) is 0 Å². The number of aryl methyl sites for hydroxylation is 2. The number of rotatable bonds is 6. The van der Waals surface area contributed by atoms with Crippen molar-refractivity contribution in [1.82, 2.24) is 15.5 Å². The number of hydrogen-bond donors (Lipinski definition) is 1. The van der Waals surface area contributed by atoms with Gasteiger partial charge in [-0.25, -0.2) is 0 Å². The minimum absolute atomic E-state index is 0.651. The van der Waals surface area contributed by atoms with Crippen molar-refractivity contribution in [3.05, 3.63) is 22.9 Å². The van der Waals surface area contributed by atoms with Gasteiger partial charge in [-0.05, 0) is 44.9 Å². The zero-order valence-corrected chi connectivity index (χ0v) is 11.3. The second-order valence-electron chi connectivity index (χ2n) is 4.74. The van der Waals surface area contributed by atoms with Crippen LogP contribution < -0.4 is 5.32 Å². The van der Waals surface area contributed by atoms with Gasteiger partial charge in [-0.2, -0.15) is 0 Å². The molecular formula is C13H17N3OS. The zero-order chi connectivity index (χ0) is 12.4. The first kappa shape index (κ1) is 11.9. The molecule has 2 heterocycles. The average Bonchev–Trinajstić information content (AvgIpc) is 2.88. The van der Waals surface area contributed by atoms with Crippen molar-refractivity contribution < 1.29 is 4.42 Å². The third-order valence-electron chi connectivity index (χ3n) is 3.00. The maximum Gasteiger partial charge on any atom is 0.257 e.